The number of rotatable bonds is 8. The van der Waals surface area contributed by atoms with Gasteiger partial charge in [0.05, 0.1) is 6.61 Å². The Bertz CT molecular complexity index is 374. The van der Waals surface area contributed by atoms with Gasteiger partial charge in [-0.1, -0.05) is 0 Å². The highest BCUT2D eigenvalue weighted by Crippen LogP contribution is 2.13. The molecule has 2 rings (SSSR count). The monoisotopic (exact) mass is 277 g/mol. The Hall–Kier alpha value is -1.26. The van der Waals surface area contributed by atoms with Crippen LogP contribution >= 0.6 is 0 Å². The highest BCUT2D eigenvalue weighted by atomic mass is 16.5. The number of nitrogens with zero attached hydrogens (tertiary/aromatic N) is 2. The zero-order chi connectivity index (χ0) is 14.2. The van der Waals surface area contributed by atoms with E-state index in [0.717, 1.165) is 37.6 Å². The van der Waals surface area contributed by atoms with E-state index in [9.17, 15) is 0 Å². The largest absolute Gasteiger partial charge is 0.494 e. The molecule has 1 aromatic carbocycles. The third-order valence-corrected chi connectivity index (χ3v) is 3.83. The highest BCUT2D eigenvalue weighted by Gasteiger charge is 2.11. The molecule has 0 radical (unpaired) electrons. The Kier molecular flexibility index (Phi) is 6.15. The molecule has 1 aliphatic rings. The first-order chi connectivity index (χ1) is 9.74. The van der Waals surface area contributed by atoms with Gasteiger partial charge in [-0.2, -0.15) is 0 Å². The molecule has 0 unspecified atom stereocenters. The molecule has 0 aliphatic carbocycles. The second-order valence-electron chi connectivity index (χ2n) is 5.62. The molecule has 2 N–H and O–H groups in total. The molecule has 0 amide bonds. The molecular weight excluding hydrogens is 250 g/mol. The van der Waals surface area contributed by atoms with Crippen LogP contribution in [0.5, 0.6) is 5.75 Å². The molecule has 0 atom stereocenters. The van der Waals surface area contributed by atoms with Gasteiger partial charge in [0.1, 0.15) is 5.75 Å². The van der Waals surface area contributed by atoms with E-state index in [1.54, 1.807) is 0 Å². The van der Waals surface area contributed by atoms with E-state index >= 15 is 0 Å². The number of hydrogen-bond donors (Lipinski definition) is 1. The molecule has 1 saturated heterocycles. The SMILES string of the molecule is CN(CCCOc1ccc(N)cc1)CCN1CCCC1. The van der Waals surface area contributed by atoms with Crippen molar-refractivity contribution < 1.29 is 4.74 Å². The lowest BCUT2D eigenvalue weighted by atomic mass is 10.3. The van der Waals surface area contributed by atoms with Crippen LogP contribution in [0.4, 0.5) is 5.69 Å². The average Bonchev–Trinajstić information content (AvgIpc) is 2.96. The van der Waals surface area contributed by atoms with Crippen LogP contribution in [0.25, 0.3) is 0 Å². The van der Waals surface area contributed by atoms with Crippen molar-refractivity contribution in [2.24, 2.45) is 0 Å². The molecule has 0 bridgehead atoms. The average molecular weight is 277 g/mol. The van der Waals surface area contributed by atoms with Crippen molar-refractivity contribution >= 4 is 5.69 Å². The van der Waals surface area contributed by atoms with Gasteiger partial charge in [-0.3, -0.25) is 0 Å². The first-order valence-corrected chi connectivity index (χ1v) is 7.63. The van der Waals surface area contributed by atoms with Crippen molar-refractivity contribution in [3.8, 4) is 5.75 Å². The zero-order valence-electron chi connectivity index (χ0n) is 12.6. The fraction of sp³-hybridized carbons (Fsp3) is 0.625. The van der Waals surface area contributed by atoms with Crippen LogP contribution in [0.2, 0.25) is 0 Å². The molecule has 1 aliphatic heterocycles. The number of likely N-dealkylation sites (tertiary alicyclic amines) is 1. The summed E-state index contributed by atoms with van der Waals surface area (Å²) in [6.07, 6.45) is 3.80. The minimum Gasteiger partial charge on any atom is -0.494 e. The van der Waals surface area contributed by atoms with Crippen molar-refractivity contribution in [3.63, 3.8) is 0 Å². The summed E-state index contributed by atoms with van der Waals surface area (Å²) in [4.78, 5) is 4.95. The smallest absolute Gasteiger partial charge is 0.119 e. The molecule has 0 aromatic heterocycles. The Morgan fingerprint density at radius 1 is 1.15 bits per heavy atom. The summed E-state index contributed by atoms with van der Waals surface area (Å²) in [6, 6.07) is 7.59. The van der Waals surface area contributed by atoms with Crippen molar-refractivity contribution in [2.45, 2.75) is 19.3 Å². The third kappa shape index (κ3) is 5.39. The maximum absolute atomic E-state index is 5.70. The van der Waals surface area contributed by atoms with E-state index in [1.807, 2.05) is 24.3 Å². The molecule has 1 fully saturated rings. The quantitative estimate of drug-likeness (QED) is 0.583. The molecular formula is C16H27N3O. The maximum Gasteiger partial charge on any atom is 0.119 e. The molecule has 112 valence electrons. The minimum absolute atomic E-state index is 0.762. The van der Waals surface area contributed by atoms with E-state index < -0.39 is 0 Å². The summed E-state index contributed by atoms with van der Waals surface area (Å²) in [5, 5.41) is 0. The van der Waals surface area contributed by atoms with Crippen LogP contribution in [0, 0.1) is 0 Å². The van der Waals surface area contributed by atoms with Gasteiger partial charge >= 0.3 is 0 Å². The first kappa shape index (κ1) is 15.1. The minimum atomic E-state index is 0.762. The number of benzene rings is 1. The van der Waals surface area contributed by atoms with E-state index in [-0.39, 0.29) is 0 Å². The number of nitrogen functional groups attached to an aromatic ring is 1. The molecule has 0 saturated carbocycles. The third-order valence-electron chi connectivity index (χ3n) is 3.83. The number of anilines is 1. The predicted molar refractivity (Wildman–Crippen MR) is 84.1 cm³/mol. The second kappa shape index (κ2) is 8.12. The molecule has 20 heavy (non-hydrogen) atoms. The van der Waals surface area contributed by atoms with Gasteiger partial charge in [-0.15, -0.1) is 0 Å². The second-order valence-corrected chi connectivity index (χ2v) is 5.62. The van der Waals surface area contributed by atoms with Crippen molar-refractivity contribution in [1.29, 1.82) is 0 Å². The summed E-state index contributed by atoms with van der Waals surface area (Å²) in [6.45, 7) is 6.78. The van der Waals surface area contributed by atoms with E-state index in [2.05, 4.69) is 16.8 Å². The summed E-state index contributed by atoms with van der Waals surface area (Å²) in [5.41, 5.74) is 6.42. The van der Waals surface area contributed by atoms with E-state index in [0.29, 0.717) is 0 Å². The predicted octanol–water partition coefficient (Wildman–Crippen LogP) is 2.07. The number of likely N-dealkylation sites (N-methyl/N-ethyl adjacent to an activating group) is 1. The molecule has 4 heteroatoms. The van der Waals surface area contributed by atoms with Crippen LogP contribution in [-0.2, 0) is 0 Å². The fourth-order valence-electron chi connectivity index (χ4n) is 2.52. The number of hydrogen-bond acceptors (Lipinski definition) is 4. The Morgan fingerprint density at radius 3 is 2.55 bits per heavy atom. The Morgan fingerprint density at radius 2 is 1.85 bits per heavy atom. The van der Waals surface area contributed by atoms with Crippen LogP contribution in [0.15, 0.2) is 24.3 Å². The summed E-state index contributed by atoms with van der Waals surface area (Å²) >= 11 is 0. The van der Waals surface area contributed by atoms with Gasteiger partial charge in [0, 0.05) is 25.3 Å². The van der Waals surface area contributed by atoms with Crippen molar-refractivity contribution in [2.75, 3.05) is 52.1 Å². The van der Waals surface area contributed by atoms with Crippen molar-refractivity contribution in [1.82, 2.24) is 9.80 Å². The van der Waals surface area contributed by atoms with Crippen LogP contribution in [0.3, 0.4) is 0 Å². The summed E-state index contributed by atoms with van der Waals surface area (Å²) in [7, 11) is 2.19. The molecule has 4 nitrogen and oxygen atoms in total. The van der Waals surface area contributed by atoms with E-state index in [4.69, 9.17) is 10.5 Å². The Balaban J connectivity index is 1.52. The lowest BCUT2D eigenvalue weighted by molar-refractivity contribution is 0.233. The molecule has 1 aromatic rings. The standard InChI is InChI=1S/C16H27N3O/c1-18(12-13-19-10-2-3-11-19)9-4-14-20-16-7-5-15(17)6-8-16/h5-8H,2-4,9-14,17H2,1H3. The van der Waals surface area contributed by atoms with Gasteiger partial charge in [-0.05, 0) is 63.7 Å². The van der Waals surface area contributed by atoms with Gasteiger partial charge < -0.3 is 20.3 Å². The topological polar surface area (TPSA) is 41.7 Å². The first-order valence-electron chi connectivity index (χ1n) is 7.63. The van der Waals surface area contributed by atoms with Gasteiger partial charge in [0.25, 0.3) is 0 Å². The fourth-order valence-corrected chi connectivity index (χ4v) is 2.52. The molecule has 0 spiro atoms. The summed E-state index contributed by atoms with van der Waals surface area (Å²) in [5.74, 6) is 0.902. The van der Waals surface area contributed by atoms with Gasteiger partial charge in [0.2, 0.25) is 0 Å². The van der Waals surface area contributed by atoms with Crippen molar-refractivity contribution in [3.05, 3.63) is 24.3 Å². The van der Waals surface area contributed by atoms with Crippen LogP contribution in [0.1, 0.15) is 19.3 Å². The van der Waals surface area contributed by atoms with E-state index in [1.165, 1.54) is 32.5 Å². The Labute approximate surface area is 122 Å². The van der Waals surface area contributed by atoms with Crippen LogP contribution in [-0.4, -0.2) is 56.2 Å². The lowest BCUT2D eigenvalue weighted by Crippen LogP contribution is -2.32. The summed E-state index contributed by atoms with van der Waals surface area (Å²) < 4.78 is 5.70. The van der Waals surface area contributed by atoms with Gasteiger partial charge in [-0.25, -0.2) is 0 Å². The molecule has 1 heterocycles. The zero-order valence-corrected chi connectivity index (χ0v) is 12.6. The lowest BCUT2D eigenvalue weighted by Gasteiger charge is -2.21. The number of ether oxygens (including phenoxy) is 1. The maximum atomic E-state index is 5.70. The van der Waals surface area contributed by atoms with Gasteiger partial charge in [0.15, 0.2) is 0 Å². The normalized spacial score (nSPS) is 15.9. The highest BCUT2D eigenvalue weighted by molar-refractivity contribution is 5.41. The van der Waals surface area contributed by atoms with Crippen LogP contribution < -0.4 is 10.5 Å². The number of nitrogens with two attached hydrogens (primary N) is 1.